The van der Waals surface area contributed by atoms with E-state index < -0.39 is 15.2 Å². The van der Waals surface area contributed by atoms with E-state index in [2.05, 4.69) is 4.98 Å². The number of para-hydroxylation sites is 1. The van der Waals surface area contributed by atoms with Gasteiger partial charge in [-0.3, -0.25) is 15.0 Å². The van der Waals surface area contributed by atoms with Crippen LogP contribution in [0.1, 0.15) is 32.3 Å². The third-order valence-electron chi connectivity index (χ3n) is 3.82. The van der Waals surface area contributed by atoms with Crippen LogP contribution >= 0.6 is 0 Å². The fourth-order valence-electron chi connectivity index (χ4n) is 2.54. The second-order valence-electron chi connectivity index (χ2n) is 6.25. The van der Waals surface area contributed by atoms with Crippen LogP contribution in [0.2, 0.25) is 0 Å². The third kappa shape index (κ3) is 4.52. The second kappa shape index (κ2) is 7.72. The Morgan fingerprint density at radius 3 is 2.62 bits per heavy atom. The van der Waals surface area contributed by atoms with Crippen LogP contribution in [0.15, 0.2) is 36.5 Å². The Morgan fingerprint density at radius 1 is 1.25 bits per heavy atom. The van der Waals surface area contributed by atoms with E-state index >= 15 is 0 Å². The van der Waals surface area contributed by atoms with Crippen LogP contribution in [0.25, 0.3) is 10.9 Å². The number of hydrogen-bond donors (Lipinski definition) is 1. The molecule has 0 saturated heterocycles. The fourth-order valence-corrected chi connectivity index (χ4v) is 4.23. The molecule has 0 fully saturated rings. The maximum atomic E-state index is 12.7. The van der Waals surface area contributed by atoms with Crippen molar-refractivity contribution >= 4 is 27.2 Å². The summed E-state index contributed by atoms with van der Waals surface area (Å²) in [6.45, 7) is 3.92. The van der Waals surface area contributed by atoms with E-state index in [4.69, 9.17) is 0 Å². The molecule has 2 aromatic rings. The van der Waals surface area contributed by atoms with Gasteiger partial charge < -0.3 is 0 Å². The highest BCUT2D eigenvalue weighted by atomic mass is 32.2. The molecule has 1 N–H and O–H groups in total. The summed E-state index contributed by atoms with van der Waals surface area (Å²) in [5.41, 5.74) is 1.31. The molecule has 1 unspecified atom stereocenters. The minimum Gasteiger partial charge on any atom is -0.285 e. The van der Waals surface area contributed by atoms with Gasteiger partial charge in [-0.15, -0.1) is 0 Å². The first kappa shape index (κ1) is 18.4. The zero-order valence-electron chi connectivity index (χ0n) is 13.8. The summed E-state index contributed by atoms with van der Waals surface area (Å²) < 4.78 is 25.3. The highest BCUT2D eigenvalue weighted by molar-refractivity contribution is 7.91. The van der Waals surface area contributed by atoms with Crippen LogP contribution < -0.4 is 0 Å². The molecule has 1 aromatic heterocycles. The molecule has 0 aliphatic rings. The smallest absolute Gasteiger partial charge is 0.234 e. The predicted octanol–water partition coefficient (Wildman–Crippen LogP) is 2.76. The Morgan fingerprint density at radius 2 is 1.96 bits per heavy atom. The molecule has 1 amide bonds. The zero-order chi connectivity index (χ0) is 17.7. The molecule has 6 nitrogen and oxygen atoms in total. The molecule has 2 rings (SSSR count). The maximum absolute atomic E-state index is 12.7. The Balaban J connectivity index is 2.26. The number of rotatable bonds is 8. The first-order valence-corrected chi connectivity index (χ1v) is 9.53. The van der Waals surface area contributed by atoms with Crippen molar-refractivity contribution in [1.82, 2.24) is 10.0 Å². The molecule has 0 aliphatic carbocycles. The summed E-state index contributed by atoms with van der Waals surface area (Å²) in [6, 6.07) is 9.19. The van der Waals surface area contributed by atoms with Crippen molar-refractivity contribution in [2.24, 2.45) is 5.92 Å². The lowest BCUT2D eigenvalue weighted by atomic mass is 10.1. The maximum Gasteiger partial charge on any atom is 0.234 e. The minimum atomic E-state index is -3.75. The van der Waals surface area contributed by atoms with Crippen LogP contribution in [0, 0.1) is 5.92 Å². The highest BCUT2D eigenvalue weighted by Crippen LogP contribution is 2.21. The molecule has 1 heterocycles. The standard InChI is InChI=1S/C17H22N2O4S/c1-13(2)7-8-17(19(21)12-20)24(22,23)11-14-9-15-5-3-4-6-16(15)18-10-14/h3-6,9-10,12-13,17,21H,7-8,11H2,1-2H3. The number of hydroxylamine groups is 2. The molecule has 0 spiro atoms. The van der Waals surface area contributed by atoms with Crippen molar-refractivity contribution < 1.29 is 18.4 Å². The van der Waals surface area contributed by atoms with Gasteiger partial charge in [0, 0.05) is 11.6 Å². The number of sulfone groups is 1. The van der Waals surface area contributed by atoms with Crippen LogP contribution in [0.5, 0.6) is 0 Å². The summed E-state index contributed by atoms with van der Waals surface area (Å²) in [4.78, 5) is 15.1. The molecular weight excluding hydrogens is 328 g/mol. The molecule has 24 heavy (non-hydrogen) atoms. The molecule has 0 radical (unpaired) electrons. The topological polar surface area (TPSA) is 87.6 Å². The van der Waals surface area contributed by atoms with E-state index in [1.807, 2.05) is 38.1 Å². The predicted molar refractivity (Wildman–Crippen MR) is 91.9 cm³/mol. The Kier molecular flexibility index (Phi) is 5.90. The summed E-state index contributed by atoms with van der Waals surface area (Å²) in [7, 11) is -3.75. The summed E-state index contributed by atoms with van der Waals surface area (Å²) in [5, 5.41) is 9.54. The number of aromatic nitrogens is 1. The Bertz CT molecular complexity index is 805. The van der Waals surface area contributed by atoms with Gasteiger partial charge in [-0.2, -0.15) is 0 Å². The van der Waals surface area contributed by atoms with Gasteiger partial charge in [-0.25, -0.2) is 13.5 Å². The molecule has 7 heteroatoms. The zero-order valence-corrected chi connectivity index (χ0v) is 14.6. The largest absolute Gasteiger partial charge is 0.285 e. The minimum absolute atomic E-state index is 0.140. The summed E-state index contributed by atoms with van der Waals surface area (Å²) in [5.74, 6) is -0.0107. The Labute approximate surface area is 142 Å². The van der Waals surface area contributed by atoms with Gasteiger partial charge in [0.15, 0.2) is 15.2 Å². The van der Waals surface area contributed by atoms with E-state index in [1.165, 1.54) is 6.20 Å². The fraction of sp³-hybridized carbons (Fsp3) is 0.412. The number of carbonyl (C=O) groups is 1. The van der Waals surface area contributed by atoms with Gasteiger partial charge in [0.1, 0.15) is 0 Å². The molecule has 0 bridgehead atoms. The number of amides is 1. The lowest BCUT2D eigenvalue weighted by Crippen LogP contribution is -2.39. The number of carbonyl (C=O) groups excluding carboxylic acids is 1. The number of fused-ring (bicyclic) bond motifs is 1. The van der Waals surface area contributed by atoms with Gasteiger partial charge in [-0.1, -0.05) is 32.0 Å². The molecule has 130 valence electrons. The van der Waals surface area contributed by atoms with E-state index in [9.17, 15) is 18.4 Å². The molecular formula is C17H22N2O4S. The number of pyridine rings is 1. The van der Waals surface area contributed by atoms with Crippen molar-refractivity contribution in [3.8, 4) is 0 Å². The van der Waals surface area contributed by atoms with Crippen molar-refractivity contribution in [3.63, 3.8) is 0 Å². The molecule has 0 aliphatic heterocycles. The molecule has 1 aromatic carbocycles. The highest BCUT2D eigenvalue weighted by Gasteiger charge is 2.30. The lowest BCUT2D eigenvalue weighted by molar-refractivity contribution is -0.153. The normalized spacial score (nSPS) is 13.2. The van der Waals surface area contributed by atoms with Gasteiger partial charge in [0.05, 0.1) is 11.3 Å². The average Bonchev–Trinajstić information content (AvgIpc) is 2.53. The third-order valence-corrected chi connectivity index (χ3v) is 5.84. The quantitative estimate of drug-likeness (QED) is 0.449. The van der Waals surface area contributed by atoms with Crippen LogP contribution in [0.3, 0.4) is 0 Å². The number of nitrogens with zero attached hydrogens (tertiary/aromatic N) is 2. The lowest BCUT2D eigenvalue weighted by Gasteiger charge is -2.23. The van der Waals surface area contributed by atoms with E-state index in [-0.39, 0.29) is 29.6 Å². The van der Waals surface area contributed by atoms with E-state index in [0.29, 0.717) is 12.0 Å². The monoisotopic (exact) mass is 350 g/mol. The number of benzene rings is 1. The van der Waals surface area contributed by atoms with Gasteiger partial charge in [0.25, 0.3) is 0 Å². The van der Waals surface area contributed by atoms with Crippen molar-refractivity contribution in [1.29, 1.82) is 0 Å². The number of hydrogen-bond acceptors (Lipinski definition) is 5. The first-order chi connectivity index (χ1) is 11.3. The molecule has 0 saturated carbocycles. The van der Waals surface area contributed by atoms with Gasteiger partial charge >= 0.3 is 0 Å². The first-order valence-electron chi connectivity index (χ1n) is 7.81. The SMILES string of the molecule is CC(C)CCC(N(O)C=O)S(=O)(=O)Cc1cnc2ccccc2c1. The van der Waals surface area contributed by atoms with Crippen molar-refractivity contribution in [2.45, 2.75) is 37.8 Å². The van der Waals surface area contributed by atoms with E-state index in [0.717, 1.165) is 10.9 Å². The molecule has 1 atom stereocenters. The summed E-state index contributed by atoms with van der Waals surface area (Å²) >= 11 is 0. The van der Waals surface area contributed by atoms with Crippen LogP contribution in [-0.4, -0.2) is 35.5 Å². The van der Waals surface area contributed by atoms with Crippen molar-refractivity contribution in [2.75, 3.05) is 0 Å². The second-order valence-corrected chi connectivity index (χ2v) is 8.41. The van der Waals surface area contributed by atoms with Gasteiger partial charge in [0.2, 0.25) is 6.41 Å². The van der Waals surface area contributed by atoms with Crippen LogP contribution in [0.4, 0.5) is 0 Å². The van der Waals surface area contributed by atoms with Gasteiger partial charge in [-0.05, 0) is 36.5 Å². The summed E-state index contributed by atoms with van der Waals surface area (Å²) in [6.07, 6.45) is 2.43. The van der Waals surface area contributed by atoms with Crippen LogP contribution in [-0.2, 0) is 20.4 Å². The Hall–Kier alpha value is -1.99. The van der Waals surface area contributed by atoms with Crippen molar-refractivity contribution in [3.05, 3.63) is 42.1 Å². The average molecular weight is 350 g/mol. The van der Waals surface area contributed by atoms with E-state index in [1.54, 1.807) is 6.07 Å².